The fourth-order valence-corrected chi connectivity index (χ4v) is 1.85. The molecule has 1 aromatic rings. The zero-order valence-corrected chi connectivity index (χ0v) is 12.9. The molecule has 0 aliphatic rings. The Morgan fingerprint density at radius 3 is 2.45 bits per heavy atom. The number of carboxylic acid groups (broad SMARTS) is 1. The van der Waals surface area contributed by atoms with E-state index in [1.54, 1.807) is 32.9 Å². The number of anilines is 1. The second-order valence-electron chi connectivity index (χ2n) is 5.75. The quantitative estimate of drug-likeness (QED) is 0.640. The number of primary amides is 1. The average Bonchev–Trinajstić information content (AvgIpc) is 2.38. The van der Waals surface area contributed by atoms with E-state index in [4.69, 9.17) is 10.8 Å². The molecule has 1 aromatic carbocycles. The Balaban J connectivity index is 2.74. The highest BCUT2D eigenvalue weighted by molar-refractivity contribution is 5.96. The summed E-state index contributed by atoms with van der Waals surface area (Å²) in [7, 11) is 0. The van der Waals surface area contributed by atoms with Crippen LogP contribution >= 0.6 is 0 Å². The van der Waals surface area contributed by atoms with Crippen LogP contribution in [0, 0.1) is 6.92 Å². The molecule has 1 rings (SSSR count). The summed E-state index contributed by atoms with van der Waals surface area (Å²) >= 11 is 0. The van der Waals surface area contributed by atoms with E-state index >= 15 is 0 Å². The van der Waals surface area contributed by atoms with Gasteiger partial charge in [-0.2, -0.15) is 0 Å². The van der Waals surface area contributed by atoms with Crippen LogP contribution in [0.15, 0.2) is 18.2 Å². The van der Waals surface area contributed by atoms with Crippen LogP contribution in [0.3, 0.4) is 0 Å². The lowest BCUT2D eigenvalue weighted by atomic mass is 9.99. The highest BCUT2D eigenvalue weighted by Crippen LogP contribution is 2.17. The monoisotopic (exact) mass is 307 g/mol. The van der Waals surface area contributed by atoms with Gasteiger partial charge in [-0.15, -0.1) is 0 Å². The molecule has 22 heavy (non-hydrogen) atoms. The molecule has 0 aliphatic heterocycles. The maximum Gasteiger partial charge on any atom is 0.319 e. The second-order valence-corrected chi connectivity index (χ2v) is 5.75. The molecule has 0 spiro atoms. The number of carbonyl (C=O) groups is 3. The maximum absolute atomic E-state index is 12.0. The smallest absolute Gasteiger partial charge is 0.319 e. The van der Waals surface area contributed by atoms with Crippen molar-refractivity contribution in [3.8, 4) is 0 Å². The lowest BCUT2D eigenvalue weighted by molar-refractivity contribution is -0.137. The van der Waals surface area contributed by atoms with Crippen molar-refractivity contribution in [1.29, 1.82) is 0 Å². The first-order valence-electron chi connectivity index (χ1n) is 6.82. The number of nitrogens with one attached hydrogen (secondary N) is 2. The molecule has 0 aliphatic carbocycles. The van der Waals surface area contributed by atoms with Gasteiger partial charge in [0, 0.05) is 23.2 Å². The van der Waals surface area contributed by atoms with Gasteiger partial charge in [0.15, 0.2) is 0 Å². The number of hydrogen-bond acceptors (Lipinski definition) is 3. The Morgan fingerprint density at radius 1 is 1.27 bits per heavy atom. The second kappa shape index (κ2) is 6.93. The highest BCUT2D eigenvalue weighted by Gasteiger charge is 2.21. The van der Waals surface area contributed by atoms with Crippen LogP contribution in [0.4, 0.5) is 10.5 Å². The molecule has 0 bridgehead atoms. The molecule has 120 valence electrons. The van der Waals surface area contributed by atoms with Crippen molar-refractivity contribution < 1.29 is 19.5 Å². The van der Waals surface area contributed by atoms with Crippen molar-refractivity contribution in [3.63, 3.8) is 0 Å². The van der Waals surface area contributed by atoms with E-state index in [-0.39, 0.29) is 6.42 Å². The van der Waals surface area contributed by atoms with Crippen molar-refractivity contribution >= 4 is 23.6 Å². The van der Waals surface area contributed by atoms with Crippen LogP contribution in [0.2, 0.25) is 0 Å². The van der Waals surface area contributed by atoms with Gasteiger partial charge in [0.25, 0.3) is 0 Å². The Morgan fingerprint density at radius 2 is 1.91 bits per heavy atom. The van der Waals surface area contributed by atoms with Gasteiger partial charge in [0.05, 0.1) is 0 Å². The Hall–Kier alpha value is -2.57. The minimum Gasteiger partial charge on any atom is -0.481 e. The van der Waals surface area contributed by atoms with E-state index in [0.29, 0.717) is 17.7 Å². The summed E-state index contributed by atoms with van der Waals surface area (Å²) in [5.74, 6) is -1.49. The standard InChI is InChI=1S/C15H21N3O4/c1-9-4-5-10(13(16)21)8-11(9)17-14(22)18-15(2,3)7-6-12(19)20/h4-5,8H,6-7H2,1-3H3,(H2,16,21)(H,19,20)(H2,17,18,22). The van der Waals surface area contributed by atoms with Crippen LogP contribution in [0.5, 0.6) is 0 Å². The molecular weight excluding hydrogens is 286 g/mol. The van der Waals surface area contributed by atoms with Gasteiger partial charge < -0.3 is 21.5 Å². The maximum atomic E-state index is 12.0. The number of carboxylic acids is 1. The number of nitrogens with two attached hydrogens (primary N) is 1. The zero-order chi connectivity index (χ0) is 16.9. The first-order valence-corrected chi connectivity index (χ1v) is 6.82. The topological polar surface area (TPSA) is 122 Å². The normalized spacial score (nSPS) is 10.9. The fraction of sp³-hybridized carbons (Fsp3) is 0.400. The fourth-order valence-electron chi connectivity index (χ4n) is 1.85. The van der Waals surface area contributed by atoms with Gasteiger partial charge in [-0.1, -0.05) is 6.07 Å². The Bertz CT molecular complexity index is 596. The van der Waals surface area contributed by atoms with Crippen molar-refractivity contribution in [2.75, 3.05) is 5.32 Å². The predicted octanol–water partition coefficient (Wildman–Crippen LogP) is 1.86. The van der Waals surface area contributed by atoms with Gasteiger partial charge in [-0.3, -0.25) is 9.59 Å². The Labute approximate surface area is 128 Å². The summed E-state index contributed by atoms with van der Waals surface area (Å²) in [6.07, 6.45) is 0.263. The summed E-state index contributed by atoms with van der Waals surface area (Å²) in [5, 5.41) is 14.0. The molecule has 0 saturated carbocycles. The third-order valence-corrected chi connectivity index (χ3v) is 3.19. The van der Waals surface area contributed by atoms with E-state index in [1.165, 1.54) is 6.07 Å². The molecule has 0 radical (unpaired) electrons. The van der Waals surface area contributed by atoms with Crippen molar-refractivity contribution in [2.24, 2.45) is 5.73 Å². The van der Waals surface area contributed by atoms with Crippen molar-refractivity contribution in [2.45, 2.75) is 39.2 Å². The van der Waals surface area contributed by atoms with Crippen LogP contribution < -0.4 is 16.4 Å². The number of hydrogen-bond donors (Lipinski definition) is 4. The number of rotatable bonds is 6. The SMILES string of the molecule is Cc1ccc(C(N)=O)cc1NC(=O)NC(C)(C)CCC(=O)O. The minimum atomic E-state index is -0.916. The molecule has 7 nitrogen and oxygen atoms in total. The molecule has 7 heteroatoms. The van der Waals surface area contributed by atoms with Crippen molar-refractivity contribution in [3.05, 3.63) is 29.3 Å². The summed E-state index contributed by atoms with van der Waals surface area (Å²) in [5.41, 5.74) is 6.09. The van der Waals surface area contributed by atoms with E-state index in [2.05, 4.69) is 10.6 Å². The molecule has 5 N–H and O–H groups in total. The van der Waals surface area contributed by atoms with Crippen LogP contribution in [0.25, 0.3) is 0 Å². The average molecular weight is 307 g/mol. The number of benzene rings is 1. The molecule has 0 fully saturated rings. The van der Waals surface area contributed by atoms with Gasteiger partial charge in [-0.05, 0) is 44.9 Å². The number of amides is 3. The molecule has 0 atom stereocenters. The number of urea groups is 1. The largest absolute Gasteiger partial charge is 0.481 e. The summed E-state index contributed by atoms with van der Waals surface area (Å²) < 4.78 is 0. The predicted molar refractivity (Wildman–Crippen MR) is 82.8 cm³/mol. The number of carbonyl (C=O) groups excluding carboxylic acids is 2. The van der Waals surface area contributed by atoms with E-state index < -0.39 is 23.4 Å². The van der Waals surface area contributed by atoms with Gasteiger partial charge >= 0.3 is 12.0 Å². The summed E-state index contributed by atoms with van der Waals surface area (Å²) in [4.78, 5) is 33.8. The third-order valence-electron chi connectivity index (χ3n) is 3.19. The summed E-state index contributed by atoms with van der Waals surface area (Å²) in [6, 6.07) is 4.30. The van der Waals surface area contributed by atoms with E-state index in [9.17, 15) is 14.4 Å². The van der Waals surface area contributed by atoms with E-state index in [0.717, 1.165) is 5.56 Å². The highest BCUT2D eigenvalue weighted by atomic mass is 16.4. The molecule has 0 unspecified atom stereocenters. The van der Waals surface area contributed by atoms with Crippen molar-refractivity contribution in [1.82, 2.24) is 5.32 Å². The lowest BCUT2D eigenvalue weighted by Gasteiger charge is -2.26. The number of aliphatic carboxylic acids is 1. The Kier molecular flexibility index (Phi) is 5.50. The van der Waals surface area contributed by atoms with Gasteiger partial charge in [0.2, 0.25) is 5.91 Å². The van der Waals surface area contributed by atoms with Gasteiger partial charge in [-0.25, -0.2) is 4.79 Å². The number of aryl methyl sites for hydroxylation is 1. The molecule has 0 aromatic heterocycles. The van der Waals surface area contributed by atoms with Gasteiger partial charge in [0.1, 0.15) is 0 Å². The van der Waals surface area contributed by atoms with E-state index in [1.807, 2.05) is 0 Å². The van der Waals surface area contributed by atoms with Crippen LogP contribution in [-0.4, -0.2) is 28.6 Å². The zero-order valence-electron chi connectivity index (χ0n) is 12.9. The molecular formula is C15H21N3O4. The minimum absolute atomic E-state index is 0.0382. The van der Waals surface area contributed by atoms with Crippen LogP contribution in [0.1, 0.15) is 42.6 Å². The summed E-state index contributed by atoms with van der Waals surface area (Å²) in [6.45, 7) is 5.26. The first kappa shape index (κ1) is 17.5. The lowest BCUT2D eigenvalue weighted by Crippen LogP contribution is -2.45. The first-order chi connectivity index (χ1) is 10.1. The third kappa shape index (κ3) is 5.43. The molecule has 0 heterocycles. The van der Waals surface area contributed by atoms with Crippen LogP contribution in [-0.2, 0) is 4.79 Å². The molecule has 3 amide bonds. The molecule has 0 saturated heterocycles.